The van der Waals surface area contributed by atoms with Crippen molar-refractivity contribution in [3.05, 3.63) is 47.7 Å². The Morgan fingerprint density at radius 1 is 1.10 bits per heavy atom. The van der Waals surface area contributed by atoms with E-state index in [1.807, 2.05) is 12.1 Å². The van der Waals surface area contributed by atoms with E-state index in [1.54, 1.807) is 23.7 Å². The fourth-order valence-electron chi connectivity index (χ4n) is 4.45. The largest absolute Gasteiger partial charge is 0.337 e. The molecular weight excluding hydrogens is 396 g/mol. The zero-order chi connectivity index (χ0) is 20.3. The molecule has 0 unspecified atom stereocenters. The van der Waals surface area contributed by atoms with E-state index in [2.05, 4.69) is 38.0 Å². The molecule has 2 aliphatic heterocycles. The number of amides is 1. The zero-order valence-electron chi connectivity index (χ0n) is 17.0. The Labute approximate surface area is 180 Å². The average molecular weight is 424 g/mol. The van der Waals surface area contributed by atoms with Crippen LogP contribution in [0.5, 0.6) is 0 Å². The molecule has 8 heteroatoms. The van der Waals surface area contributed by atoms with Crippen molar-refractivity contribution in [3.8, 4) is 0 Å². The molecule has 0 spiro atoms. The van der Waals surface area contributed by atoms with Crippen molar-refractivity contribution < 1.29 is 9.69 Å². The molecule has 30 heavy (non-hydrogen) atoms. The van der Waals surface area contributed by atoms with Crippen molar-refractivity contribution in [2.24, 2.45) is 0 Å². The Morgan fingerprint density at radius 3 is 2.70 bits per heavy atom. The van der Waals surface area contributed by atoms with Crippen LogP contribution in [0.4, 0.5) is 5.95 Å². The Morgan fingerprint density at radius 2 is 1.90 bits per heavy atom. The number of para-hydroxylation sites is 1. The van der Waals surface area contributed by atoms with Gasteiger partial charge in [-0.1, -0.05) is 12.1 Å². The van der Waals surface area contributed by atoms with Crippen LogP contribution in [0.1, 0.15) is 23.8 Å². The van der Waals surface area contributed by atoms with Crippen molar-refractivity contribution in [2.45, 2.75) is 18.8 Å². The van der Waals surface area contributed by atoms with Crippen LogP contribution in [0.3, 0.4) is 0 Å². The third-order valence-corrected chi connectivity index (χ3v) is 7.34. The van der Waals surface area contributed by atoms with Gasteiger partial charge in [-0.15, -0.1) is 11.3 Å². The number of piperazine rings is 1. The van der Waals surface area contributed by atoms with Crippen LogP contribution in [0, 0.1) is 0 Å². The van der Waals surface area contributed by atoms with Crippen LogP contribution in [0.15, 0.2) is 42.7 Å². The smallest absolute Gasteiger partial charge is 0.277 e. The number of carbonyl (C=O) groups is 1. The molecule has 2 fully saturated rings. The summed E-state index contributed by atoms with van der Waals surface area (Å²) in [5.74, 6) is 1.43. The third-order valence-electron chi connectivity index (χ3n) is 6.14. The maximum Gasteiger partial charge on any atom is 0.277 e. The Kier molecular flexibility index (Phi) is 5.59. The first kappa shape index (κ1) is 19.4. The first-order chi connectivity index (χ1) is 14.8. The van der Waals surface area contributed by atoms with E-state index >= 15 is 0 Å². The number of carbonyl (C=O) groups excluding carboxylic acids is 1. The number of hydrogen-bond acceptors (Lipinski definition) is 6. The lowest BCUT2D eigenvalue weighted by atomic mass is 9.98. The Bertz CT molecular complexity index is 968. The molecule has 0 radical (unpaired) electrons. The average Bonchev–Trinajstić information content (AvgIpc) is 3.25. The van der Waals surface area contributed by atoms with Crippen LogP contribution < -0.4 is 9.80 Å². The summed E-state index contributed by atoms with van der Waals surface area (Å²) < 4.78 is 1.24. The second-order valence-electron chi connectivity index (χ2n) is 8.16. The zero-order valence-corrected chi connectivity index (χ0v) is 17.9. The van der Waals surface area contributed by atoms with Crippen molar-refractivity contribution in [1.29, 1.82) is 0 Å². The minimum Gasteiger partial charge on any atom is -0.337 e. The van der Waals surface area contributed by atoms with Crippen LogP contribution in [0.25, 0.3) is 10.2 Å². The quantitative estimate of drug-likeness (QED) is 0.683. The molecule has 2 aliphatic rings. The number of fused-ring (bicyclic) bond motifs is 1. The number of anilines is 1. The standard InChI is InChI=1S/C22H26N6OS/c29-20(16-26-11-13-27(14-12-26)22-23-8-4-9-24-22)28-10-3-5-17(15-28)21-25-18-6-1-2-7-19(18)30-21/h1-2,4,6-9,17H,3,5,10-16H2/p+1/t17-/m0/s1. The summed E-state index contributed by atoms with van der Waals surface area (Å²) in [6.07, 6.45) is 5.74. The number of benzene rings is 1. The number of piperidine rings is 1. The van der Waals surface area contributed by atoms with Gasteiger partial charge in [-0.3, -0.25) is 4.79 Å². The van der Waals surface area contributed by atoms with Crippen LogP contribution >= 0.6 is 11.3 Å². The van der Waals surface area contributed by atoms with E-state index in [1.165, 1.54) is 14.6 Å². The number of aromatic nitrogens is 3. The second kappa shape index (κ2) is 8.65. The molecule has 1 N–H and O–H groups in total. The van der Waals surface area contributed by atoms with Gasteiger partial charge in [0.15, 0.2) is 6.54 Å². The lowest BCUT2D eigenvalue weighted by Crippen LogP contribution is -3.16. The highest BCUT2D eigenvalue weighted by molar-refractivity contribution is 7.18. The van der Waals surface area contributed by atoms with Gasteiger partial charge >= 0.3 is 0 Å². The highest BCUT2D eigenvalue weighted by atomic mass is 32.1. The van der Waals surface area contributed by atoms with Crippen molar-refractivity contribution in [2.75, 3.05) is 50.7 Å². The molecular formula is C22H27N6OS+. The minimum atomic E-state index is 0.278. The van der Waals surface area contributed by atoms with E-state index in [0.29, 0.717) is 12.5 Å². The highest BCUT2D eigenvalue weighted by Gasteiger charge is 2.30. The summed E-state index contributed by atoms with van der Waals surface area (Å²) in [5, 5.41) is 1.18. The number of hydrogen-bond donors (Lipinski definition) is 1. The van der Waals surface area contributed by atoms with Crippen molar-refractivity contribution in [1.82, 2.24) is 19.9 Å². The minimum absolute atomic E-state index is 0.278. The Balaban J connectivity index is 1.16. The normalized spacial score (nSPS) is 20.6. The van der Waals surface area contributed by atoms with Gasteiger partial charge in [0, 0.05) is 31.4 Å². The topological polar surface area (TPSA) is 66.7 Å². The van der Waals surface area contributed by atoms with Gasteiger partial charge in [0.05, 0.1) is 41.4 Å². The second-order valence-corrected chi connectivity index (χ2v) is 9.22. The first-order valence-corrected chi connectivity index (χ1v) is 11.6. The highest BCUT2D eigenvalue weighted by Crippen LogP contribution is 2.32. The van der Waals surface area contributed by atoms with E-state index in [9.17, 15) is 4.79 Å². The molecule has 3 aromatic rings. The van der Waals surface area contributed by atoms with Crippen LogP contribution in [-0.4, -0.2) is 71.6 Å². The lowest BCUT2D eigenvalue weighted by molar-refractivity contribution is -0.892. The number of quaternary nitrogens is 1. The molecule has 2 aromatic heterocycles. The summed E-state index contributed by atoms with van der Waals surface area (Å²) >= 11 is 1.78. The molecule has 4 heterocycles. The third kappa shape index (κ3) is 4.15. The number of likely N-dealkylation sites (tertiary alicyclic amines) is 1. The molecule has 0 bridgehead atoms. The molecule has 0 aliphatic carbocycles. The van der Waals surface area contributed by atoms with E-state index in [-0.39, 0.29) is 5.91 Å². The molecule has 5 rings (SSSR count). The van der Waals surface area contributed by atoms with Gasteiger partial charge in [0.1, 0.15) is 0 Å². The van der Waals surface area contributed by atoms with Crippen molar-refractivity contribution in [3.63, 3.8) is 0 Å². The number of nitrogens with zero attached hydrogens (tertiary/aromatic N) is 5. The summed E-state index contributed by atoms with van der Waals surface area (Å²) in [4.78, 5) is 32.2. The lowest BCUT2D eigenvalue weighted by Gasteiger charge is -2.35. The van der Waals surface area contributed by atoms with Gasteiger partial charge in [-0.05, 0) is 31.0 Å². The maximum atomic E-state index is 13.0. The van der Waals surface area contributed by atoms with Gasteiger partial charge in [0.25, 0.3) is 5.91 Å². The Hall–Kier alpha value is -2.58. The predicted octanol–water partition coefficient (Wildman–Crippen LogP) is 1.20. The molecule has 156 valence electrons. The van der Waals surface area contributed by atoms with Crippen LogP contribution in [-0.2, 0) is 4.79 Å². The first-order valence-electron chi connectivity index (χ1n) is 10.7. The number of rotatable bonds is 4. The summed E-state index contributed by atoms with van der Waals surface area (Å²) in [5.41, 5.74) is 1.07. The predicted molar refractivity (Wildman–Crippen MR) is 118 cm³/mol. The fraction of sp³-hybridized carbons (Fsp3) is 0.455. The maximum absolute atomic E-state index is 13.0. The molecule has 1 amide bonds. The van der Waals surface area contributed by atoms with Gasteiger partial charge < -0.3 is 14.7 Å². The van der Waals surface area contributed by atoms with E-state index < -0.39 is 0 Å². The monoisotopic (exact) mass is 423 g/mol. The molecule has 0 saturated carbocycles. The van der Waals surface area contributed by atoms with E-state index in [4.69, 9.17) is 4.98 Å². The van der Waals surface area contributed by atoms with Gasteiger partial charge in [0.2, 0.25) is 5.95 Å². The number of nitrogens with one attached hydrogen (secondary N) is 1. The van der Waals surface area contributed by atoms with Crippen molar-refractivity contribution >= 4 is 33.4 Å². The summed E-state index contributed by atoms with van der Waals surface area (Å²) in [6, 6.07) is 10.1. The van der Waals surface area contributed by atoms with E-state index in [0.717, 1.165) is 63.6 Å². The molecule has 7 nitrogen and oxygen atoms in total. The fourth-order valence-corrected chi connectivity index (χ4v) is 5.54. The SMILES string of the molecule is O=C(C[NH+]1CCN(c2ncccn2)CC1)N1CCC[C@H](c2nc3ccccc3s2)C1. The summed E-state index contributed by atoms with van der Waals surface area (Å²) in [7, 11) is 0. The molecule has 1 atom stereocenters. The molecule has 1 aromatic carbocycles. The molecule has 2 saturated heterocycles. The summed E-state index contributed by atoms with van der Waals surface area (Å²) in [6.45, 7) is 5.92. The number of thiazole rings is 1. The van der Waals surface area contributed by atoms with Crippen LogP contribution in [0.2, 0.25) is 0 Å². The van der Waals surface area contributed by atoms with Gasteiger partial charge in [-0.25, -0.2) is 15.0 Å². The van der Waals surface area contributed by atoms with Gasteiger partial charge in [-0.2, -0.15) is 0 Å².